The van der Waals surface area contributed by atoms with Crippen LogP contribution in [0.25, 0.3) is 0 Å². The highest BCUT2D eigenvalue weighted by atomic mass is 32.2. The van der Waals surface area contributed by atoms with Crippen LogP contribution in [0.1, 0.15) is 20.3 Å². The van der Waals surface area contributed by atoms with Crippen molar-refractivity contribution in [2.24, 2.45) is 5.92 Å². The third kappa shape index (κ3) is 4.61. The van der Waals surface area contributed by atoms with E-state index < -0.39 is 0 Å². The van der Waals surface area contributed by atoms with Gasteiger partial charge in [-0.1, -0.05) is 6.92 Å². The smallest absolute Gasteiger partial charge is 0.315 e. The normalized spacial score (nSPS) is 26.4. The van der Waals surface area contributed by atoms with Crippen LogP contribution in [0.15, 0.2) is 0 Å². The minimum atomic E-state index is -0.188. The van der Waals surface area contributed by atoms with Crippen LogP contribution in [0, 0.1) is 5.92 Å². The number of amides is 2. The molecule has 94 valence electrons. The van der Waals surface area contributed by atoms with Gasteiger partial charge in [-0.3, -0.25) is 0 Å². The summed E-state index contributed by atoms with van der Waals surface area (Å²) in [5.41, 5.74) is -0.188. The standard InChI is InChI=1S/C11H22N2O2S/c1-9(7-16-3)6-12-10(14)13-11(2)4-5-15-8-11/h9H,4-8H2,1-3H3,(H2,12,13,14)/t9-,11+/m1/s1. The monoisotopic (exact) mass is 246 g/mol. The third-order valence-corrected chi connectivity index (χ3v) is 3.60. The highest BCUT2D eigenvalue weighted by Crippen LogP contribution is 2.16. The molecule has 0 aromatic rings. The summed E-state index contributed by atoms with van der Waals surface area (Å²) in [4.78, 5) is 11.6. The number of hydrogen-bond donors (Lipinski definition) is 2. The van der Waals surface area contributed by atoms with Gasteiger partial charge in [-0.05, 0) is 31.3 Å². The number of carbonyl (C=O) groups is 1. The topological polar surface area (TPSA) is 50.4 Å². The van der Waals surface area contributed by atoms with Crippen LogP contribution < -0.4 is 10.6 Å². The van der Waals surface area contributed by atoms with E-state index in [0.29, 0.717) is 12.5 Å². The molecule has 2 amide bonds. The second kappa shape index (κ2) is 6.35. The number of thioether (sulfide) groups is 1. The molecule has 0 spiro atoms. The fraction of sp³-hybridized carbons (Fsp3) is 0.909. The largest absolute Gasteiger partial charge is 0.379 e. The predicted molar refractivity (Wildman–Crippen MR) is 67.9 cm³/mol. The highest BCUT2D eigenvalue weighted by Gasteiger charge is 2.31. The van der Waals surface area contributed by atoms with E-state index in [2.05, 4.69) is 23.8 Å². The summed E-state index contributed by atoms with van der Waals surface area (Å²) in [6.07, 6.45) is 2.97. The van der Waals surface area contributed by atoms with Gasteiger partial charge in [0.1, 0.15) is 0 Å². The fourth-order valence-electron chi connectivity index (χ4n) is 1.69. The summed E-state index contributed by atoms with van der Waals surface area (Å²) in [5.74, 6) is 1.58. The van der Waals surface area contributed by atoms with E-state index in [1.54, 1.807) is 11.8 Å². The third-order valence-electron chi connectivity index (χ3n) is 2.70. The summed E-state index contributed by atoms with van der Waals surface area (Å²) < 4.78 is 5.28. The molecule has 0 radical (unpaired) electrons. The maximum Gasteiger partial charge on any atom is 0.315 e. The van der Waals surface area contributed by atoms with Crippen molar-refractivity contribution < 1.29 is 9.53 Å². The zero-order valence-electron chi connectivity index (χ0n) is 10.3. The van der Waals surface area contributed by atoms with Gasteiger partial charge in [0, 0.05) is 13.2 Å². The zero-order chi connectivity index (χ0) is 12.0. The van der Waals surface area contributed by atoms with Gasteiger partial charge in [0.05, 0.1) is 12.1 Å². The predicted octanol–water partition coefficient (Wildman–Crippen LogP) is 1.46. The van der Waals surface area contributed by atoms with Crippen LogP contribution in [-0.2, 0) is 4.74 Å². The molecule has 1 saturated heterocycles. The van der Waals surface area contributed by atoms with Crippen LogP contribution in [0.3, 0.4) is 0 Å². The molecule has 4 nitrogen and oxygen atoms in total. The van der Waals surface area contributed by atoms with Crippen molar-refractivity contribution >= 4 is 17.8 Å². The fourth-order valence-corrected chi connectivity index (χ4v) is 2.38. The summed E-state index contributed by atoms with van der Waals surface area (Å²) in [7, 11) is 0. The molecule has 0 bridgehead atoms. The molecule has 0 aliphatic carbocycles. The van der Waals surface area contributed by atoms with Gasteiger partial charge in [-0.15, -0.1) is 0 Å². The average molecular weight is 246 g/mol. The van der Waals surface area contributed by atoms with E-state index in [1.807, 2.05) is 6.92 Å². The van der Waals surface area contributed by atoms with Crippen LogP contribution in [0.5, 0.6) is 0 Å². The molecule has 1 aliphatic heterocycles. The number of ether oxygens (including phenoxy) is 1. The second-order valence-corrected chi connectivity index (χ2v) is 5.67. The summed E-state index contributed by atoms with van der Waals surface area (Å²) >= 11 is 1.80. The van der Waals surface area contributed by atoms with Gasteiger partial charge in [0.2, 0.25) is 0 Å². The maximum atomic E-state index is 11.6. The second-order valence-electron chi connectivity index (χ2n) is 4.76. The first-order chi connectivity index (χ1) is 7.56. The van der Waals surface area contributed by atoms with Crippen molar-refractivity contribution in [1.82, 2.24) is 10.6 Å². The molecule has 1 rings (SSSR count). The lowest BCUT2D eigenvalue weighted by atomic mass is 10.0. The van der Waals surface area contributed by atoms with Gasteiger partial charge < -0.3 is 15.4 Å². The Morgan fingerprint density at radius 2 is 2.38 bits per heavy atom. The number of carbonyl (C=O) groups excluding carboxylic acids is 1. The Kier molecular flexibility index (Phi) is 5.41. The van der Waals surface area contributed by atoms with Crippen molar-refractivity contribution in [2.75, 3.05) is 31.8 Å². The molecular formula is C11H22N2O2S. The van der Waals surface area contributed by atoms with Gasteiger partial charge in [-0.2, -0.15) is 11.8 Å². The summed E-state index contributed by atoms with van der Waals surface area (Å²) in [6.45, 7) is 6.23. The zero-order valence-corrected chi connectivity index (χ0v) is 11.2. The molecule has 1 heterocycles. The van der Waals surface area contributed by atoms with E-state index in [1.165, 1.54) is 0 Å². The molecule has 0 aromatic carbocycles. The maximum absolute atomic E-state index is 11.6. The lowest BCUT2D eigenvalue weighted by molar-refractivity contribution is 0.170. The van der Waals surface area contributed by atoms with Gasteiger partial charge in [-0.25, -0.2) is 4.79 Å². The number of rotatable bonds is 5. The lowest BCUT2D eigenvalue weighted by Gasteiger charge is -2.24. The first-order valence-corrected chi connectivity index (χ1v) is 7.08. The minimum absolute atomic E-state index is 0.0825. The quantitative estimate of drug-likeness (QED) is 0.772. The molecule has 2 N–H and O–H groups in total. The van der Waals surface area contributed by atoms with E-state index in [-0.39, 0.29) is 11.6 Å². The van der Waals surface area contributed by atoms with E-state index in [0.717, 1.165) is 25.3 Å². The van der Waals surface area contributed by atoms with Gasteiger partial charge >= 0.3 is 6.03 Å². The first kappa shape index (κ1) is 13.6. The van der Waals surface area contributed by atoms with Crippen molar-refractivity contribution in [3.63, 3.8) is 0 Å². The van der Waals surface area contributed by atoms with E-state index in [4.69, 9.17) is 4.74 Å². The number of nitrogens with one attached hydrogen (secondary N) is 2. The Hall–Kier alpha value is -0.420. The Bertz CT molecular complexity index is 230. The molecule has 0 aromatic heterocycles. The van der Waals surface area contributed by atoms with Crippen molar-refractivity contribution in [2.45, 2.75) is 25.8 Å². The Labute approximate surface area is 102 Å². The van der Waals surface area contributed by atoms with Crippen LogP contribution in [0.4, 0.5) is 4.79 Å². The number of hydrogen-bond acceptors (Lipinski definition) is 3. The van der Waals surface area contributed by atoms with Crippen molar-refractivity contribution in [1.29, 1.82) is 0 Å². The van der Waals surface area contributed by atoms with Gasteiger partial charge in [0.25, 0.3) is 0 Å². The van der Waals surface area contributed by atoms with Gasteiger partial charge in [0.15, 0.2) is 0 Å². The minimum Gasteiger partial charge on any atom is -0.379 e. The van der Waals surface area contributed by atoms with Crippen LogP contribution in [0.2, 0.25) is 0 Å². The molecule has 1 fully saturated rings. The van der Waals surface area contributed by atoms with Crippen molar-refractivity contribution in [3.05, 3.63) is 0 Å². The first-order valence-electron chi connectivity index (χ1n) is 5.68. The molecular weight excluding hydrogens is 224 g/mol. The SMILES string of the molecule is CSC[C@H](C)CNC(=O)N[C@@]1(C)CCOC1. The van der Waals surface area contributed by atoms with Crippen LogP contribution in [-0.4, -0.2) is 43.3 Å². The summed E-state index contributed by atoms with van der Waals surface area (Å²) in [6, 6.07) is -0.0825. The molecule has 1 aliphatic rings. The number of urea groups is 1. The Balaban J connectivity index is 2.20. The van der Waals surface area contributed by atoms with E-state index in [9.17, 15) is 4.79 Å². The lowest BCUT2D eigenvalue weighted by Crippen LogP contribution is -2.51. The molecule has 0 unspecified atom stereocenters. The molecule has 16 heavy (non-hydrogen) atoms. The highest BCUT2D eigenvalue weighted by molar-refractivity contribution is 7.98. The molecule has 5 heteroatoms. The molecule has 2 atom stereocenters. The average Bonchev–Trinajstić information content (AvgIpc) is 2.62. The van der Waals surface area contributed by atoms with Crippen LogP contribution >= 0.6 is 11.8 Å². The van der Waals surface area contributed by atoms with E-state index >= 15 is 0 Å². The Morgan fingerprint density at radius 1 is 1.62 bits per heavy atom. The summed E-state index contributed by atoms with van der Waals surface area (Å²) in [5, 5.41) is 5.87. The Morgan fingerprint density at radius 3 is 2.94 bits per heavy atom. The molecule has 0 saturated carbocycles. The van der Waals surface area contributed by atoms with Crippen molar-refractivity contribution in [3.8, 4) is 0 Å².